The second-order valence-electron chi connectivity index (χ2n) is 9.36. The van der Waals surface area contributed by atoms with Gasteiger partial charge in [0.05, 0.1) is 12.0 Å². The van der Waals surface area contributed by atoms with Crippen molar-refractivity contribution in [2.75, 3.05) is 6.54 Å². The minimum Gasteiger partial charge on any atom is -0.378 e. The minimum absolute atomic E-state index is 0.0587. The van der Waals surface area contributed by atoms with E-state index in [9.17, 15) is 33.5 Å². The van der Waals surface area contributed by atoms with Gasteiger partial charge in [-0.2, -0.15) is 5.26 Å². The van der Waals surface area contributed by atoms with E-state index >= 15 is 0 Å². The summed E-state index contributed by atoms with van der Waals surface area (Å²) in [6.45, 7) is 0.556. The average Bonchev–Trinajstić information content (AvgIpc) is 2.83. The van der Waals surface area contributed by atoms with Gasteiger partial charge >= 0.3 is 0 Å². The fourth-order valence-corrected chi connectivity index (χ4v) is 5.49. The molecule has 1 saturated carbocycles. The van der Waals surface area contributed by atoms with Crippen molar-refractivity contribution in [3.8, 4) is 6.07 Å². The zero-order valence-corrected chi connectivity index (χ0v) is 18.6. The first-order valence-corrected chi connectivity index (χ1v) is 11.6. The number of rotatable bonds is 6. The number of carbonyl (C=O) groups excluding carboxylic acids is 3. The highest BCUT2D eigenvalue weighted by molar-refractivity contribution is 5.91. The van der Waals surface area contributed by atoms with Crippen LogP contribution in [0.25, 0.3) is 0 Å². The van der Waals surface area contributed by atoms with Gasteiger partial charge in [-0.05, 0) is 37.7 Å². The van der Waals surface area contributed by atoms with Crippen LogP contribution in [0.2, 0.25) is 0 Å². The molecule has 4 aliphatic rings. The molecular weight excluding hydrogens is 446 g/mol. The molecule has 1 aliphatic carbocycles. The number of hydrogen-bond acceptors (Lipinski definition) is 5. The maximum atomic E-state index is 14.8. The number of fused-ring (bicyclic) bond motifs is 3. The number of aliphatic hydroxyl groups excluding tert-OH is 1. The van der Waals surface area contributed by atoms with Gasteiger partial charge in [-0.25, -0.2) is 8.78 Å². The molecular formula is C24H28F2N4O4. The Morgan fingerprint density at radius 3 is 2.65 bits per heavy atom. The van der Waals surface area contributed by atoms with Crippen molar-refractivity contribution in [1.82, 2.24) is 15.5 Å². The van der Waals surface area contributed by atoms with Crippen LogP contribution in [0.15, 0.2) is 30.3 Å². The summed E-state index contributed by atoms with van der Waals surface area (Å²) in [5.74, 6) is -6.89. The number of hydrogen-bond donors (Lipinski definition) is 3. The fourth-order valence-electron chi connectivity index (χ4n) is 5.49. The van der Waals surface area contributed by atoms with Crippen LogP contribution in [0.1, 0.15) is 50.2 Å². The molecule has 0 aromatic heterocycles. The van der Waals surface area contributed by atoms with Crippen molar-refractivity contribution in [2.45, 2.75) is 68.7 Å². The summed E-state index contributed by atoms with van der Waals surface area (Å²) in [7, 11) is 0. The molecule has 0 unspecified atom stereocenters. The summed E-state index contributed by atoms with van der Waals surface area (Å²) in [6, 6.07) is 6.58. The van der Waals surface area contributed by atoms with E-state index in [1.54, 1.807) is 30.3 Å². The Labute approximate surface area is 196 Å². The van der Waals surface area contributed by atoms with Gasteiger partial charge in [0.1, 0.15) is 12.1 Å². The molecule has 4 fully saturated rings. The number of nitriles is 1. The van der Waals surface area contributed by atoms with Crippen molar-refractivity contribution in [2.24, 2.45) is 11.8 Å². The lowest BCUT2D eigenvalue weighted by Crippen LogP contribution is -2.69. The molecule has 6 atom stereocenters. The molecule has 8 nitrogen and oxygen atoms in total. The quantitative estimate of drug-likeness (QED) is 0.579. The number of amides is 3. The Morgan fingerprint density at radius 1 is 1.26 bits per heavy atom. The third-order valence-electron chi connectivity index (χ3n) is 7.20. The number of aliphatic hydroxyl groups is 1. The summed E-state index contributed by atoms with van der Waals surface area (Å²) in [5.41, 5.74) is 0.304. The molecule has 3 amide bonds. The molecule has 2 bridgehead atoms. The van der Waals surface area contributed by atoms with Crippen LogP contribution in [0.4, 0.5) is 8.78 Å². The first-order valence-electron chi connectivity index (χ1n) is 11.6. The molecule has 3 saturated heterocycles. The van der Waals surface area contributed by atoms with Crippen LogP contribution >= 0.6 is 0 Å². The van der Waals surface area contributed by atoms with Gasteiger partial charge in [0.15, 0.2) is 6.10 Å². The number of alkyl halides is 2. The predicted octanol–water partition coefficient (Wildman–Crippen LogP) is 1.66. The maximum Gasteiger partial charge on any atom is 0.256 e. The lowest BCUT2D eigenvalue weighted by Gasteiger charge is -2.54. The Kier molecular flexibility index (Phi) is 6.84. The molecule has 1 aromatic rings. The van der Waals surface area contributed by atoms with E-state index in [1.807, 2.05) is 6.07 Å². The van der Waals surface area contributed by atoms with Gasteiger partial charge in [-0.15, -0.1) is 0 Å². The fraction of sp³-hybridized carbons (Fsp3) is 0.583. The van der Waals surface area contributed by atoms with Crippen molar-refractivity contribution < 1.29 is 28.3 Å². The van der Waals surface area contributed by atoms with Crippen LogP contribution in [-0.2, 0) is 14.4 Å². The average molecular weight is 475 g/mol. The second-order valence-corrected chi connectivity index (χ2v) is 9.36. The second kappa shape index (κ2) is 9.66. The Hall–Kier alpha value is -3.06. The third-order valence-corrected chi connectivity index (χ3v) is 7.20. The summed E-state index contributed by atoms with van der Waals surface area (Å²) in [5, 5.41) is 25.5. The van der Waals surface area contributed by atoms with Crippen molar-refractivity contribution in [3.63, 3.8) is 0 Å². The normalized spacial score (nSPS) is 29.5. The highest BCUT2D eigenvalue weighted by atomic mass is 19.3. The lowest BCUT2D eigenvalue weighted by molar-refractivity contribution is -0.198. The number of benzene rings is 1. The summed E-state index contributed by atoms with van der Waals surface area (Å²) in [6.07, 6.45) is -0.419. The SMILES string of the molecule is N#C[C@H](C[C@H]1CCCNC1=O)NC(=O)[C@@H]1[C@@H]2CC[C@@H](CC2(F)F)N1C(=O)[C@H](O)c1ccccc1. The van der Waals surface area contributed by atoms with Crippen molar-refractivity contribution in [3.05, 3.63) is 35.9 Å². The number of nitrogens with zero attached hydrogens (tertiary/aromatic N) is 2. The smallest absolute Gasteiger partial charge is 0.256 e. The van der Waals surface area contributed by atoms with E-state index in [0.29, 0.717) is 24.9 Å². The van der Waals surface area contributed by atoms with Crippen LogP contribution in [0.5, 0.6) is 0 Å². The monoisotopic (exact) mass is 474 g/mol. The Morgan fingerprint density at radius 2 is 2.00 bits per heavy atom. The Balaban J connectivity index is 1.56. The predicted molar refractivity (Wildman–Crippen MR) is 116 cm³/mol. The topological polar surface area (TPSA) is 123 Å². The van der Waals surface area contributed by atoms with Gasteiger partial charge < -0.3 is 20.6 Å². The van der Waals surface area contributed by atoms with Gasteiger partial charge in [0, 0.05) is 24.9 Å². The first kappa shape index (κ1) is 24.1. The molecule has 34 heavy (non-hydrogen) atoms. The number of halogens is 2. The molecule has 0 radical (unpaired) electrons. The molecule has 3 N–H and O–H groups in total. The zero-order chi connectivity index (χ0) is 24.5. The highest BCUT2D eigenvalue weighted by Crippen LogP contribution is 2.49. The van der Waals surface area contributed by atoms with E-state index in [0.717, 1.165) is 11.3 Å². The lowest BCUT2D eigenvalue weighted by atomic mass is 9.71. The molecule has 1 aromatic carbocycles. The van der Waals surface area contributed by atoms with Gasteiger partial charge in [-0.3, -0.25) is 14.4 Å². The van der Waals surface area contributed by atoms with Crippen LogP contribution in [0, 0.1) is 23.2 Å². The number of nitrogens with one attached hydrogen (secondary N) is 2. The largest absolute Gasteiger partial charge is 0.378 e. The van der Waals surface area contributed by atoms with Crippen LogP contribution in [0.3, 0.4) is 0 Å². The van der Waals surface area contributed by atoms with Crippen LogP contribution in [-0.4, -0.2) is 58.3 Å². The maximum absolute atomic E-state index is 14.8. The summed E-state index contributed by atoms with van der Waals surface area (Å²) < 4.78 is 29.6. The first-order chi connectivity index (χ1) is 16.2. The van der Waals surface area contributed by atoms with Crippen LogP contribution < -0.4 is 10.6 Å². The molecule has 5 rings (SSSR count). The van der Waals surface area contributed by atoms with E-state index in [-0.39, 0.29) is 18.7 Å². The third kappa shape index (κ3) is 4.62. The van der Waals surface area contributed by atoms with E-state index in [4.69, 9.17) is 0 Å². The summed E-state index contributed by atoms with van der Waals surface area (Å²) in [4.78, 5) is 39.7. The van der Waals surface area contributed by atoms with Crippen molar-refractivity contribution >= 4 is 17.7 Å². The minimum atomic E-state index is -3.15. The van der Waals surface area contributed by atoms with E-state index < -0.39 is 60.2 Å². The molecule has 10 heteroatoms. The van der Waals surface area contributed by atoms with Gasteiger partial charge in [0.25, 0.3) is 11.8 Å². The Bertz CT molecular complexity index is 983. The van der Waals surface area contributed by atoms with Gasteiger partial charge in [-0.1, -0.05) is 30.3 Å². The highest BCUT2D eigenvalue weighted by Gasteiger charge is 2.61. The van der Waals surface area contributed by atoms with Crippen molar-refractivity contribution in [1.29, 1.82) is 5.26 Å². The molecule has 3 aliphatic heterocycles. The van der Waals surface area contributed by atoms with E-state index in [2.05, 4.69) is 10.6 Å². The molecule has 182 valence electrons. The zero-order valence-electron chi connectivity index (χ0n) is 18.6. The number of carbonyl (C=O) groups is 3. The van der Waals surface area contributed by atoms with Gasteiger partial charge in [0.2, 0.25) is 11.8 Å². The number of piperidine rings is 3. The summed E-state index contributed by atoms with van der Waals surface area (Å²) >= 11 is 0. The van der Waals surface area contributed by atoms with E-state index in [1.165, 1.54) is 0 Å². The molecule has 3 heterocycles. The molecule has 0 spiro atoms. The standard InChI is InChI=1S/C24H28F2N4O4/c25-24(26)12-17-8-9-18(24)19(30(17)23(34)20(31)14-5-2-1-3-6-14)22(33)29-16(13-27)11-15-7-4-10-28-21(15)32/h1-3,5-6,15-20,31H,4,7-12H2,(H,28,32)(H,29,33)/t15-,16+,17+,18+,19+,20-/m1/s1.